The summed E-state index contributed by atoms with van der Waals surface area (Å²) in [5, 5.41) is 7.48. The van der Waals surface area contributed by atoms with E-state index in [1.165, 1.54) is 38.2 Å². The van der Waals surface area contributed by atoms with Crippen molar-refractivity contribution in [3.05, 3.63) is 29.0 Å². The second-order valence-electron chi connectivity index (χ2n) is 6.00. The van der Waals surface area contributed by atoms with Crippen LogP contribution in [0.2, 0.25) is 5.02 Å². The Morgan fingerprint density at radius 3 is 2.75 bits per heavy atom. The fourth-order valence-corrected chi connectivity index (χ4v) is 3.94. The molecular weight excluding hydrogens is 275 g/mol. The van der Waals surface area contributed by atoms with Crippen molar-refractivity contribution in [2.45, 2.75) is 50.6 Å². The monoisotopic (exact) mass is 296 g/mol. The molecule has 1 aliphatic carbocycles. The Bertz CT molecular complexity index is 440. The molecule has 20 heavy (non-hydrogen) atoms. The van der Waals surface area contributed by atoms with Crippen LogP contribution in [-0.4, -0.2) is 18.6 Å². The maximum Gasteiger partial charge on any atom is 0.147 e. The zero-order valence-corrected chi connectivity index (χ0v) is 12.4. The minimum atomic E-state index is -0.249. The third kappa shape index (κ3) is 2.94. The first kappa shape index (κ1) is 14.2. The Kier molecular flexibility index (Phi) is 4.47. The first-order chi connectivity index (χ1) is 9.75. The molecule has 0 bridgehead atoms. The first-order valence-corrected chi connectivity index (χ1v) is 8.07. The summed E-state index contributed by atoms with van der Waals surface area (Å²) in [5.41, 5.74) is 0.476. The van der Waals surface area contributed by atoms with Crippen LogP contribution in [0.5, 0.6) is 0 Å². The number of hydrogen-bond donors (Lipinski definition) is 2. The van der Waals surface area contributed by atoms with Gasteiger partial charge in [0.2, 0.25) is 0 Å². The lowest BCUT2D eigenvalue weighted by Gasteiger charge is -2.37. The molecule has 110 valence electrons. The van der Waals surface area contributed by atoms with Gasteiger partial charge in [-0.1, -0.05) is 30.5 Å². The quantitative estimate of drug-likeness (QED) is 0.873. The highest BCUT2D eigenvalue weighted by Crippen LogP contribution is 2.34. The van der Waals surface area contributed by atoms with Gasteiger partial charge < -0.3 is 10.6 Å². The van der Waals surface area contributed by atoms with Crippen molar-refractivity contribution < 1.29 is 4.39 Å². The van der Waals surface area contributed by atoms with E-state index in [4.69, 9.17) is 11.6 Å². The summed E-state index contributed by atoms with van der Waals surface area (Å²) in [7, 11) is 0. The van der Waals surface area contributed by atoms with E-state index in [0.717, 1.165) is 13.0 Å². The van der Waals surface area contributed by atoms with Gasteiger partial charge in [-0.2, -0.15) is 0 Å². The van der Waals surface area contributed by atoms with E-state index in [1.54, 1.807) is 12.1 Å². The second-order valence-corrected chi connectivity index (χ2v) is 6.41. The van der Waals surface area contributed by atoms with E-state index >= 15 is 0 Å². The van der Waals surface area contributed by atoms with E-state index in [0.29, 0.717) is 28.7 Å². The number of anilines is 1. The zero-order chi connectivity index (χ0) is 13.9. The second kappa shape index (κ2) is 6.31. The summed E-state index contributed by atoms with van der Waals surface area (Å²) in [5.74, 6) is 0.336. The van der Waals surface area contributed by atoms with Crippen LogP contribution >= 0.6 is 11.6 Å². The number of para-hydroxylation sites is 1. The van der Waals surface area contributed by atoms with Crippen molar-refractivity contribution in [1.29, 1.82) is 0 Å². The molecule has 3 rings (SSSR count). The molecule has 1 saturated carbocycles. The van der Waals surface area contributed by atoms with Gasteiger partial charge in [0.15, 0.2) is 0 Å². The van der Waals surface area contributed by atoms with Gasteiger partial charge in [-0.05, 0) is 50.3 Å². The first-order valence-electron chi connectivity index (χ1n) is 7.69. The molecule has 0 radical (unpaired) electrons. The molecule has 1 saturated heterocycles. The third-order valence-electron chi connectivity index (χ3n) is 4.73. The molecule has 2 fully saturated rings. The maximum atomic E-state index is 13.9. The summed E-state index contributed by atoms with van der Waals surface area (Å²) in [6.45, 7) is 1.12. The fourth-order valence-electron chi connectivity index (χ4n) is 3.72. The lowest BCUT2D eigenvalue weighted by atomic mass is 9.79. The predicted molar refractivity (Wildman–Crippen MR) is 81.8 cm³/mol. The smallest absolute Gasteiger partial charge is 0.147 e. The highest BCUT2D eigenvalue weighted by Gasteiger charge is 2.33. The average molecular weight is 297 g/mol. The summed E-state index contributed by atoms with van der Waals surface area (Å²) in [6.07, 6.45) is 7.33. The normalized spacial score (nSPS) is 30.4. The topological polar surface area (TPSA) is 24.1 Å². The van der Waals surface area contributed by atoms with Crippen LogP contribution in [0.3, 0.4) is 0 Å². The maximum absolute atomic E-state index is 13.9. The molecule has 4 heteroatoms. The summed E-state index contributed by atoms with van der Waals surface area (Å²) < 4.78 is 13.9. The van der Waals surface area contributed by atoms with Crippen LogP contribution in [0.25, 0.3) is 0 Å². The van der Waals surface area contributed by atoms with Crippen LogP contribution in [0.1, 0.15) is 38.5 Å². The van der Waals surface area contributed by atoms with Crippen LogP contribution in [0, 0.1) is 11.7 Å². The molecule has 2 N–H and O–H groups in total. The van der Waals surface area contributed by atoms with Crippen LogP contribution < -0.4 is 10.6 Å². The Morgan fingerprint density at radius 2 is 2.00 bits per heavy atom. The zero-order valence-electron chi connectivity index (χ0n) is 11.7. The number of halogens is 2. The van der Waals surface area contributed by atoms with Crippen molar-refractivity contribution in [3.63, 3.8) is 0 Å². The van der Waals surface area contributed by atoms with Crippen LogP contribution in [0.4, 0.5) is 10.1 Å². The van der Waals surface area contributed by atoms with Crippen molar-refractivity contribution in [1.82, 2.24) is 5.32 Å². The average Bonchev–Trinajstić information content (AvgIpc) is 2.97. The number of rotatable bonds is 3. The molecular formula is C16H22ClFN2. The van der Waals surface area contributed by atoms with Gasteiger partial charge in [-0.15, -0.1) is 0 Å². The molecule has 3 atom stereocenters. The Morgan fingerprint density at radius 1 is 1.15 bits per heavy atom. The molecule has 2 nitrogen and oxygen atoms in total. The minimum absolute atomic E-state index is 0.249. The number of benzene rings is 1. The van der Waals surface area contributed by atoms with E-state index in [9.17, 15) is 4.39 Å². The SMILES string of the molecule is Fc1cccc(Cl)c1NC1CCCCC1C1CCCN1. The summed E-state index contributed by atoms with van der Waals surface area (Å²) in [6, 6.07) is 5.78. The lowest BCUT2D eigenvalue weighted by molar-refractivity contribution is 0.262. The molecule has 1 aromatic carbocycles. The molecule has 0 spiro atoms. The van der Waals surface area contributed by atoms with Gasteiger partial charge in [-0.25, -0.2) is 4.39 Å². The molecule has 3 unspecified atom stereocenters. The van der Waals surface area contributed by atoms with Gasteiger partial charge in [0.05, 0.1) is 10.7 Å². The standard InChI is InChI=1S/C16H22ClFN2/c17-12-6-3-7-13(18)16(12)20-15-8-2-1-5-11(15)14-9-4-10-19-14/h3,6-7,11,14-15,19-20H,1-2,4-5,8-10H2. The fraction of sp³-hybridized carbons (Fsp3) is 0.625. The molecule has 1 heterocycles. The van der Waals surface area contributed by atoms with Crippen LogP contribution in [-0.2, 0) is 0 Å². The molecule has 1 aromatic rings. The predicted octanol–water partition coefficient (Wildman–Crippen LogP) is 4.20. The van der Waals surface area contributed by atoms with E-state index in [-0.39, 0.29) is 5.82 Å². The van der Waals surface area contributed by atoms with Gasteiger partial charge in [0, 0.05) is 12.1 Å². The molecule has 1 aliphatic heterocycles. The summed E-state index contributed by atoms with van der Waals surface area (Å²) in [4.78, 5) is 0. The highest BCUT2D eigenvalue weighted by atomic mass is 35.5. The highest BCUT2D eigenvalue weighted by molar-refractivity contribution is 6.33. The minimum Gasteiger partial charge on any atom is -0.378 e. The molecule has 0 amide bonds. The number of hydrogen-bond acceptors (Lipinski definition) is 2. The van der Waals surface area contributed by atoms with Gasteiger partial charge in [-0.3, -0.25) is 0 Å². The van der Waals surface area contributed by atoms with Crippen LogP contribution in [0.15, 0.2) is 18.2 Å². The van der Waals surface area contributed by atoms with Crippen molar-refractivity contribution in [3.8, 4) is 0 Å². The molecule has 0 aromatic heterocycles. The van der Waals surface area contributed by atoms with E-state index in [2.05, 4.69) is 10.6 Å². The Balaban J connectivity index is 1.76. The van der Waals surface area contributed by atoms with E-state index in [1.807, 2.05) is 0 Å². The van der Waals surface area contributed by atoms with Crippen molar-refractivity contribution in [2.75, 3.05) is 11.9 Å². The van der Waals surface area contributed by atoms with Gasteiger partial charge in [0.1, 0.15) is 5.82 Å². The van der Waals surface area contributed by atoms with Crippen molar-refractivity contribution >= 4 is 17.3 Å². The summed E-state index contributed by atoms with van der Waals surface area (Å²) >= 11 is 6.14. The number of nitrogens with one attached hydrogen (secondary N) is 2. The van der Waals surface area contributed by atoms with E-state index < -0.39 is 0 Å². The van der Waals surface area contributed by atoms with Gasteiger partial charge in [0.25, 0.3) is 0 Å². The Labute approximate surface area is 125 Å². The Hall–Kier alpha value is -0.800. The largest absolute Gasteiger partial charge is 0.378 e. The van der Waals surface area contributed by atoms with Gasteiger partial charge >= 0.3 is 0 Å². The lowest BCUT2D eigenvalue weighted by Crippen LogP contribution is -2.43. The third-order valence-corrected chi connectivity index (χ3v) is 5.04. The van der Waals surface area contributed by atoms with Crippen molar-refractivity contribution in [2.24, 2.45) is 5.92 Å². The molecule has 2 aliphatic rings.